The number of aliphatic hydroxyl groups excluding tert-OH is 1. The van der Waals surface area contributed by atoms with Crippen molar-refractivity contribution in [1.82, 2.24) is 4.90 Å². The van der Waals surface area contributed by atoms with Crippen molar-refractivity contribution in [3.8, 4) is 0 Å². The summed E-state index contributed by atoms with van der Waals surface area (Å²) in [6.07, 6.45) is 1.87. The number of likely N-dealkylation sites (tertiary alicyclic amines) is 1. The highest BCUT2D eigenvalue weighted by molar-refractivity contribution is 9.10. The Bertz CT molecular complexity index is 338. The largest absolute Gasteiger partial charge is 0.392 e. The Kier molecular flexibility index (Phi) is 4.00. The van der Waals surface area contributed by atoms with Crippen LogP contribution in [0.4, 0.5) is 0 Å². The number of β-amino-alcohol motifs (C(OH)–C–C–N with tert-alkyl or cyclic N) is 1. The van der Waals surface area contributed by atoms with E-state index in [1.807, 2.05) is 0 Å². The van der Waals surface area contributed by atoms with Crippen molar-refractivity contribution >= 4 is 15.9 Å². The standard InChI is InChI=1S/C13H18BrNO/c1-2-13(15-8-7-12(16)9-15)10-3-5-11(14)6-4-10/h3-6,12-13,16H,2,7-9H2,1H3/t12-,13?/m0/s1. The normalized spacial score (nSPS) is 23.6. The smallest absolute Gasteiger partial charge is 0.0679 e. The minimum absolute atomic E-state index is 0.135. The van der Waals surface area contributed by atoms with Gasteiger partial charge in [0.15, 0.2) is 0 Å². The molecule has 1 aromatic rings. The van der Waals surface area contributed by atoms with E-state index in [0.717, 1.165) is 30.4 Å². The first-order valence-corrected chi connectivity index (χ1v) is 6.67. The summed E-state index contributed by atoms with van der Waals surface area (Å²) in [4.78, 5) is 2.38. The zero-order valence-corrected chi connectivity index (χ0v) is 11.2. The topological polar surface area (TPSA) is 23.5 Å². The van der Waals surface area contributed by atoms with Crippen molar-refractivity contribution in [3.63, 3.8) is 0 Å². The van der Waals surface area contributed by atoms with E-state index >= 15 is 0 Å². The fraction of sp³-hybridized carbons (Fsp3) is 0.538. The van der Waals surface area contributed by atoms with Crippen molar-refractivity contribution < 1.29 is 5.11 Å². The molecular weight excluding hydrogens is 266 g/mol. The highest BCUT2D eigenvalue weighted by Gasteiger charge is 2.26. The van der Waals surface area contributed by atoms with E-state index in [9.17, 15) is 5.11 Å². The third-order valence-electron chi connectivity index (χ3n) is 3.28. The van der Waals surface area contributed by atoms with E-state index in [0.29, 0.717) is 6.04 Å². The highest BCUT2D eigenvalue weighted by atomic mass is 79.9. The van der Waals surface area contributed by atoms with Crippen molar-refractivity contribution in [2.45, 2.75) is 31.9 Å². The molecule has 88 valence electrons. The van der Waals surface area contributed by atoms with E-state index < -0.39 is 0 Å². The molecule has 0 aliphatic carbocycles. The molecule has 2 nitrogen and oxygen atoms in total. The quantitative estimate of drug-likeness (QED) is 0.922. The number of nitrogens with zero attached hydrogens (tertiary/aromatic N) is 1. The van der Waals surface area contributed by atoms with E-state index in [1.54, 1.807) is 0 Å². The van der Waals surface area contributed by atoms with E-state index in [1.165, 1.54) is 5.56 Å². The van der Waals surface area contributed by atoms with Gasteiger partial charge in [0.05, 0.1) is 6.10 Å². The lowest BCUT2D eigenvalue weighted by atomic mass is 10.0. The Morgan fingerprint density at radius 2 is 2.12 bits per heavy atom. The van der Waals surface area contributed by atoms with Gasteiger partial charge in [-0.15, -0.1) is 0 Å². The van der Waals surface area contributed by atoms with Crippen LogP contribution < -0.4 is 0 Å². The molecule has 0 aromatic heterocycles. The third kappa shape index (κ3) is 2.65. The second-order valence-corrected chi connectivity index (χ2v) is 5.33. The van der Waals surface area contributed by atoms with Gasteiger partial charge in [0.2, 0.25) is 0 Å². The maximum atomic E-state index is 9.59. The summed E-state index contributed by atoms with van der Waals surface area (Å²) in [5, 5.41) is 9.59. The summed E-state index contributed by atoms with van der Waals surface area (Å²) in [5.74, 6) is 0. The molecule has 1 aromatic carbocycles. The number of aliphatic hydroxyl groups is 1. The van der Waals surface area contributed by atoms with Gasteiger partial charge in [0.1, 0.15) is 0 Å². The molecule has 0 spiro atoms. The molecule has 0 saturated carbocycles. The average molecular weight is 284 g/mol. The van der Waals surface area contributed by atoms with Crippen LogP contribution in [0.1, 0.15) is 31.4 Å². The first-order chi connectivity index (χ1) is 7.70. The second-order valence-electron chi connectivity index (χ2n) is 4.41. The van der Waals surface area contributed by atoms with Gasteiger partial charge in [0, 0.05) is 23.6 Å². The zero-order valence-electron chi connectivity index (χ0n) is 9.56. The Labute approximate surface area is 105 Å². The Balaban J connectivity index is 2.13. The van der Waals surface area contributed by atoms with Gasteiger partial charge < -0.3 is 5.11 Å². The molecule has 1 aliphatic rings. The number of rotatable bonds is 3. The summed E-state index contributed by atoms with van der Waals surface area (Å²) in [7, 11) is 0. The molecule has 16 heavy (non-hydrogen) atoms. The molecule has 1 saturated heterocycles. The monoisotopic (exact) mass is 283 g/mol. The van der Waals surface area contributed by atoms with Crippen LogP contribution in [0.5, 0.6) is 0 Å². The molecule has 0 radical (unpaired) electrons. The SMILES string of the molecule is CCC(c1ccc(Br)cc1)N1CC[C@H](O)C1. The number of hydrogen-bond donors (Lipinski definition) is 1. The Morgan fingerprint density at radius 1 is 1.44 bits per heavy atom. The Morgan fingerprint density at radius 3 is 2.62 bits per heavy atom. The molecule has 2 rings (SSSR count). The van der Waals surface area contributed by atoms with Gasteiger partial charge in [0.25, 0.3) is 0 Å². The summed E-state index contributed by atoms with van der Waals surface area (Å²) < 4.78 is 1.12. The summed E-state index contributed by atoms with van der Waals surface area (Å²) in [6, 6.07) is 8.96. The molecular formula is C13H18BrNO. The van der Waals surface area contributed by atoms with Gasteiger partial charge in [-0.25, -0.2) is 0 Å². The molecule has 1 unspecified atom stereocenters. The minimum atomic E-state index is -0.135. The lowest BCUT2D eigenvalue weighted by Gasteiger charge is -2.26. The fourth-order valence-corrected chi connectivity index (χ4v) is 2.71. The molecule has 2 atom stereocenters. The second kappa shape index (κ2) is 5.30. The summed E-state index contributed by atoms with van der Waals surface area (Å²) in [6.45, 7) is 4.03. The van der Waals surface area contributed by atoms with Crippen LogP contribution in [-0.4, -0.2) is 29.2 Å². The molecule has 0 amide bonds. The highest BCUT2D eigenvalue weighted by Crippen LogP contribution is 2.28. The number of hydrogen-bond acceptors (Lipinski definition) is 2. The Hall–Kier alpha value is -0.380. The van der Waals surface area contributed by atoms with Gasteiger partial charge in [-0.05, 0) is 30.5 Å². The lowest BCUT2D eigenvalue weighted by molar-refractivity contribution is 0.157. The molecule has 1 heterocycles. The van der Waals surface area contributed by atoms with E-state index in [2.05, 4.69) is 52.0 Å². The van der Waals surface area contributed by atoms with Gasteiger partial charge in [-0.2, -0.15) is 0 Å². The first kappa shape index (κ1) is 12.1. The maximum Gasteiger partial charge on any atom is 0.0679 e. The van der Waals surface area contributed by atoms with Crippen molar-refractivity contribution in [2.24, 2.45) is 0 Å². The number of benzene rings is 1. The predicted molar refractivity (Wildman–Crippen MR) is 69.4 cm³/mol. The van der Waals surface area contributed by atoms with E-state index in [4.69, 9.17) is 0 Å². The number of halogens is 1. The molecule has 1 aliphatic heterocycles. The first-order valence-electron chi connectivity index (χ1n) is 5.88. The molecule has 3 heteroatoms. The van der Waals surface area contributed by atoms with Crippen LogP contribution >= 0.6 is 15.9 Å². The van der Waals surface area contributed by atoms with Crippen LogP contribution in [0.15, 0.2) is 28.7 Å². The lowest BCUT2D eigenvalue weighted by Crippen LogP contribution is -2.27. The van der Waals surface area contributed by atoms with Crippen molar-refractivity contribution in [1.29, 1.82) is 0 Å². The average Bonchev–Trinajstić information content (AvgIpc) is 2.69. The van der Waals surface area contributed by atoms with E-state index in [-0.39, 0.29) is 6.10 Å². The fourth-order valence-electron chi connectivity index (χ4n) is 2.44. The summed E-state index contributed by atoms with van der Waals surface area (Å²) in [5.41, 5.74) is 1.35. The minimum Gasteiger partial charge on any atom is -0.392 e. The summed E-state index contributed by atoms with van der Waals surface area (Å²) >= 11 is 3.46. The van der Waals surface area contributed by atoms with Crippen LogP contribution in [-0.2, 0) is 0 Å². The van der Waals surface area contributed by atoms with Crippen LogP contribution in [0, 0.1) is 0 Å². The van der Waals surface area contributed by atoms with Crippen LogP contribution in [0.25, 0.3) is 0 Å². The van der Waals surface area contributed by atoms with Crippen molar-refractivity contribution in [3.05, 3.63) is 34.3 Å². The van der Waals surface area contributed by atoms with Gasteiger partial charge in [-0.3, -0.25) is 4.90 Å². The molecule has 1 N–H and O–H groups in total. The predicted octanol–water partition coefficient (Wildman–Crippen LogP) is 2.97. The van der Waals surface area contributed by atoms with Gasteiger partial charge >= 0.3 is 0 Å². The maximum absolute atomic E-state index is 9.59. The molecule has 0 bridgehead atoms. The van der Waals surface area contributed by atoms with Crippen LogP contribution in [0.2, 0.25) is 0 Å². The van der Waals surface area contributed by atoms with Gasteiger partial charge in [-0.1, -0.05) is 35.0 Å². The zero-order chi connectivity index (χ0) is 11.5. The third-order valence-corrected chi connectivity index (χ3v) is 3.81. The van der Waals surface area contributed by atoms with Crippen molar-refractivity contribution in [2.75, 3.05) is 13.1 Å². The van der Waals surface area contributed by atoms with Crippen LogP contribution in [0.3, 0.4) is 0 Å². The molecule has 1 fully saturated rings.